The van der Waals surface area contributed by atoms with Crippen molar-refractivity contribution in [2.45, 2.75) is 33.1 Å². The van der Waals surface area contributed by atoms with Crippen molar-refractivity contribution < 1.29 is 28.2 Å². The Labute approximate surface area is 145 Å². The Hall–Kier alpha value is -1.95. The van der Waals surface area contributed by atoms with Crippen LogP contribution in [0, 0.1) is 11.7 Å². The number of rotatable bonds is 7. The molecule has 24 heavy (non-hydrogen) atoms. The van der Waals surface area contributed by atoms with Gasteiger partial charge in [-0.05, 0) is 45.4 Å². The average molecular weight is 359 g/mol. The fourth-order valence-electron chi connectivity index (χ4n) is 2.15. The third-order valence-electron chi connectivity index (χ3n) is 3.56. The van der Waals surface area contributed by atoms with E-state index in [1.54, 1.807) is 13.8 Å². The number of carbonyl (C=O) groups excluding carboxylic acids is 3. The molecule has 5 nitrogen and oxygen atoms in total. The molecule has 0 fully saturated rings. The molecule has 0 amide bonds. The zero-order chi connectivity index (χ0) is 18.5. The van der Waals surface area contributed by atoms with Gasteiger partial charge in [0, 0.05) is 5.41 Å². The van der Waals surface area contributed by atoms with Crippen molar-refractivity contribution in [1.29, 1.82) is 0 Å². The normalized spacial score (nSPS) is 11.3. The first-order valence-corrected chi connectivity index (χ1v) is 7.87. The third-order valence-corrected chi connectivity index (χ3v) is 3.87. The lowest BCUT2D eigenvalue weighted by atomic mass is 9.75. The molecule has 7 heteroatoms. The monoisotopic (exact) mass is 358 g/mol. The molecule has 0 aliphatic heterocycles. The van der Waals surface area contributed by atoms with E-state index in [9.17, 15) is 18.8 Å². The van der Waals surface area contributed by atoms with Crippen LogP contribution in [-0.2, 0) is 29.3 Å². The second kappa shape index (κ2) is 8.24. The molecular weight excluding hydrogens is 339 g/mol. The summed E-state index contributed by atoms with van der Waals surface area (Å²) in [7, 11) is 0. The summed E-state index contributed by atoms with van der Waals surface area (Å²) in [4.78, 5) is 37.0. The molecule has 0 atom stereocenters. The summed E-state index contributed by atoms with van der Waals surface area (Å²) < 4.78 is 23.3. The van der Waals surface area contributed by atoms with Crippen molar-refractivity contribution >= 4 is 29.3 Å². The molecule has 0 aliphatic carbocycles. The van der Waals surface area contributed by atoms with Gasteiger partial charge >= 0.3 is 11.9 Å². The number of hydrogen-bond acceptors (Lipinski definition) is 5. The van der Waals surface area contributed by atoms with Gasteiger partial charge in [-0.25, -0.2) is 4.39 Å². The minimum Gasteiger partial charge on any atom is -0.465 e. The van der Waals surface area contributed by atoms with Crippen LogP contribution in [0.15, 0.2) is 18.2 Å². The first-order valence-electron chi connectivity index (χ1n) is 7.49. The minimum atomic E-state index is -1.72. The molecule has 132 valence electrons. The van der Waals surface area contributed by atoms with Crippen molar-refractivity contribution in [1.82, 2.24) is 0 Å². The van der Waals surface area contributed by atoms with Crippen LogP contribution >= 0.6 is 11.6 Å². The Kier molecular flexibility index (Phi) is 6.90. The lowest BCUT2D eigenvalue weighted by Gasteiger charge is -2.27. The van der Waals surface area contributed by atoms with Crippen LogP contribution in [-0.4, -0.2) is 30.9 Å². The van der Waals surface area contributed by atoms with E-state index in [1.807, 2.05) is 0 Å². The minimum absolute atomic E-state index is 0.0119. The van der Waals surface area contributed by atoms with Gasteiger partial charge < -0.3 is 9.47 Å². The molecule has 0 spiro atoms. The third kappa shape index (κ3) is 4.32. The standard InChI is InChI=1S/C17H20ClFO5/c1-5-23-15(21)13(16(22)24-6-2)14(20)17(3,4)10-7-8-11(18)12(19)9-10/h7-9,13H,5-6H2,1-4H3. The number of benzene rings is 1. The van der Waals surface area contributed by atoms with Gasteiger partial charge in [0.25, 0.3) is 0 Å². The zero-order valence-electron chi connectivity index (χ0n) is 14.0. The maximum absolute atomic E-state index is 13.7. The fourth-order valence-corrected chi connectivity index (χ4v) is 2.27. The molecule has 0 saturated carbocycles. The number of halogens is 2. The smallest absolute Gasteiger partial charge is 0.328 e. The van der Waals surface area contributed by atoms with E-state index in [2.05, 4.69) is 0 Å². The van der Waals surface area contributed by atoms with Crippen molar-refractivity contribution in [2.75, 3.05) is 13.2 Å². The molecular formula is C17H20ClFO5. The van der Waals surface area contributed by atoms with E-state index in [1.165, 1.54) is 26.0 Å². The number of ketones is 1. The summed E-state index contributed by atoms with van der Waals surface area (Å²) >= 11 is 5.65. The van der Waals surface area contributed by atoms with Crippen LogP contribution in [0.4, 0.5) is 4.39 Å². The van der Waals surface area contributed by atoms with Crippen LogP contribution in [0.25, 0.3) is 0 Å². The second-order valence-electron chi connectivity index (χ2n) is 5.56. The molecule has 0 N–H and O–H groups in total. The van der Waals surface area contributed by atoms with Crippen LogP contribution in [0.3, 0.4) is 0 Å². The molecule has 0 radical (unpaired) electrons. The molecule has 1 aromatic rings. The second-order valence-corrected chi connectivity index (χ2v) is 5.96. The highest BCUT2D eigenvalue weighted by atomic mass is 35.5. The van der Waals surface area contributed by atoms with Gasteiger partial charge in [0.15, 0.2) is 5.78 Å². The highest BCUT2D eigenvalue weighted by Crippen LogP contribution is 2.30. The topological polar surface area (TPSA) is 69.7 Å². The predicted octanol–water partition coefficient (Wildman–Crippen LogP) is 3.07. The van der Waals surface area contributed by atoms with E-state index in [-0.39, 0.29) is 23.8 Å². The van der Waals surface area contributed by atoms with Crippen LogP contribution in [0.1, 0.15) is 33.3 Å². The van der Waals surface area contributed by atoms with E-state index in [0.717, 1.165) is 6.07 Å². The summed E-state index contributed by atoms with van der Waals surface area (Å²) in [6, 6.07) is 3.88. The van der Waals surface area contributed by atoms with Gasteiger partial charge in [-0.15, -0.1) is 0 Å². The van der Waals surface area contributed by atoms with Gasteiger partial charge in [-0.2, -0.15) is 0 Å². The van der Waals surface area contributed by atoms with E-state index in [0.29, 0.717) is 0 Å². The number of Topliss-reactive ketones (excluding diaryl/α,β-unsaturated/α-hetero) is 1. The Morgan fingerprint density at radius 3 is 2.04 bits per heavy atom. The first-order chi connectivity index (χ1) is 11.2. The van der Waals surface area contributed by atoms with E-state index in [4.69, 9.17) is 21.1 Å². The van der Waals surface area contributed by atoms with Crippen LogP contribution in [0.2, 0.25) is 5.02 Å². The van der Waals surface area contributed by atoms with Gasteiger partial charge in [-0.1, -0.05) is 17.7 Å². The van der Waals surface area contributed by atoms with Crippen LogP contribution < -0.4 is 0 Å². The van der Waals surface area contributed by atoms with Gasteiger partial charge in [0.2, 0.25) is 5.92 Å². The number of ether oxygens (including phenoxy) is 2. The van der Waals surface area contributed by atoms with Crippen molar-refractivity contribution in [3.05, 3.63) is 34.6 Å². The Morgan fingerprint density at radius 1 is 1.12 bits per heavy atom. The summed E-state index contributed by atoms with van der Waals surface area (Å²) in [6.07, 6.45) is 0. The quantitative estimate of drug-likeness (QED) is 0.553. The zero-order valence-corrected chi connectivity index (χ0v) is 14.8. The van der Waals surface area contributed by atoms with E-state index >= 15 is 0 Å². The Morgan fingerprint density at radius 2 is 1.62 bits per heavy atom. The van der Waals surface area contributed by atoms with Gasteiger partial charge in [-0.3, -0.25) is 14.4 Å². The molecule has 1 aromatic carbocycles. The lowest BCUT2D eigenvalue weighted by Crippen LogP contribution is -2.44. The summed E-state index contributed by atoms with van der Waals surface area (Å²) in [5, 5.41) is -0.0886. The number of esters is 2. The van der Waals surface area contributed by atoms with Gasteiger partial charge in [0.05, 0.1) is 18.2 Å². The van der Waals surface area contributed by atoms with Crippen molar-refractivity contribution in [2.24, 2.45) is 5.92 Å². The molecule has 0 aliphatic rings. The molecule has 0 aromatic heterocycles. The lowest BCUT2D eigenvalue weighted by molar-refractivity contribution is -0.165. The largest absolute Gasteiger partial charge is 0.465 e. The number of hydrogen-bond donors (Lipinski definition) is 0. The van der Waals surface area contributed by atoms with E-state index < -0.39 is 34.9 Å². The molecule has 0 saturated heterocycles. The van der Waals surface area contributed by atoms with Crippen LogP contribution in [0.5, 0.6) is 0 Å². The molecule has 1 rings (SSSR count). The Balaban J connectivity index is 3.25. The molecule has 0 bridgehead atoms. The Bertz CT molecular complexity index is 624. The highest BCUT2D eigenvalue weighted by molar-refractivity contribution is 6.30. The first kappa shape index (κ1) is 20.1. The SMILES string of the molecule is CCOC(=O)C(C(=O)OCC)C(=O)C(C)(C)c1ccc(Cl)c(F)c1. The fraction of sp³-hybridized carbons (Fsp3) is 0.471. The maximum Gasteiger partial charge on any atom is 0.328 e. The molecule has 0 heterocycles. The summed E-state index contributed by atoms with van der Waals surface area (Å²) in [5.41, 5.74) is -1.04. The summed E-state index contributed by atoms with van der Waals surface area (Å²) in [5.74, 6) is -5.12. The maximum atomic E-state index is 13.7. The number of carbonyl (C=O) groups is 3. The van der Waals surface area contributed by atoms with Crippen molar-refractivity contribution in [3.8, 4) is 0 Å². The molecule has 0 unspecified atom stereocenters. The highest BCUT2D eigenvalue weighted by Gasteiger charge is 2.45. The predicted molar refractivity (Wildman–Crippen MR) is 86.2 cm³/mol. The van der Waals surface area contributed by atoms with Gasteiger partial charge in [0.1, 0.15) is 5.82 Å². The average Bonchev–Trinajstić information content (AvgIpc) is 2.50. The van der Waals surface area contributed by atoms with Crippen molar-refractivity contribution in [3.63, 3.8) is 0 Å². The summed E-state index contributed by atoms with van der Waals surface area (Å²) in [6.45, 7) is 6.12.